The molecule has 11 rings (SSSR count). The van der Waals surface area contributed by atoms with E-state index in [4.69, 9.17) is 50.5 Å². The summed E-state index contributed by atoms with van der Waals surface area (Å²) in [7, 11) is 0. The number of amides is 2. The van der Waals surface area contributed by atoms with Crippen LogP contribution in [0.3, 0.4) is 0 Å². The lowest BCUT2D eigenvalue weighted by Crippen LogP contribution is -2.57. The highest BCUT2D eigenvalue weighted by Gasteiger charge is 2.49. The Kier molecular flexibility index (Phi) is 26.2. The summed E-state index contributed by atoms with van der Waals surface area (Å²) < 4.78 is 38.7. The molecule has 90 heavy (non-hydrogen) atoms. The quantitative estimate of drug-likeness (QED) is 0.0548. The molecule has 3 fully saturated rings. The largest absolute Gasteiger partial charge is 0.508 e. The Hall–Kier alpha value is -5.83. The molecule has 0 aromatic heterocycles. The van der Waals surface area contributed by atoms with Gasteiger partial charge in [-0.15, -0.1) is 0 Å². The molecule has 0 aliphatic heterocycles. The van der Waals surface area contributed by atoms with Gasteiger partial charge in [0, 0.05) is 34.4 Å². The summed E-state index contributed by atoms with van der Waals surface area (Å²) in [4.78, 5) is 25.5. The Balaban J connectivity index is 0.000000169. The molecule has 0 unspecified atom stereocenters. The highest BCUT2D eigenvalue weighted by molar-refractivity contribution is 6.17. The van der Waals surface area contributed by atoms with Gasteiger partial charge in [-0.05, 0) is 198 Å². The van der Waals surface area contributed by atoms with E-state index < -0.39 is 0 Å². The Morgan fingerprint density at radius 3 is 1.32 bits per heavy atom. The Morgan fingerprint density at radius 2 is 0.900 bits per heavy atom. The van der Waals surface area contributed by atoms with Crippen LogP contribution < -0.4 is 25.8 Å². The molecule has 5 aromatic carbocycles. The van der Waals surface area contributed by atoms with E-state index in [0.717, 1.165) is 80.4 Å². The van der Waals surface area contributed by atoms with E-state index in [1.807, 2.05) is 114 Å². The molecule has 2 amide bonds. The standard InChI is InChI=1S/C28H37NO4.C24H29NO3.C20H31NO2.C4H9ClO/c1-20(2)32-19-33-24-14-13-22-16-23-12-8-5-9-15-28(3,25(22)17-24)26(23)29-27(30)31-18-21-10-6-4-7-11-21;1-24-13-7-3-6-10-19(14-18-11-12-20(26)15-21(18)24)22(24)25-23(27)28-16-17-8-4-2-5-9-17;1-14(2)22-13-23-17-9-8-15-11-16-7-5-4-6-10-20(3,19(16)21)18(15)12-17;1-4(2)6-3-5/h4,6-7,10-11,13-14,17,20,23,26H,5,8-9,12,15-16,18-19H2,1-3H3,(H,29,30);2,4-5,8-9,11-12,15,19,22,26H,3,6-7,10,13-14,16H2,1H3,(H,25,27);8-9,12,14,16,19H,4-7,10-11,13,21H2,1-3H3;4H,3H2,1-2H3/t23-,26-,28+;19-,22-,24+;16-,19-,20+;/m000./s1. The number of phenols is 1. The van der Waals surface area contributed by atoms with Crippen molar-refractivity contribution >= 4 is 23.8 Å². The van der Waals surface area contributed by atoms with Crippen LogP contribution in [-0.4, -0.2) is 73.4 Å². The van der Waals surface area contributed by atoms with Crippen LogP contribution in [0.25, 0.3) is 0 Å². The Morgan fingerprint density at radius 1 is 0.511 bits per heavy atom. The normalized spacial score (nSPS) is 25.6. The van der Waals surface area contributed by atoms with Crippen LogP contribution in [0.4, 0.5) is 9.59 Å². The topological polar surface area (TPSA) is 169 Å². The zero-order valence-corrected chi connectivity index (χ0v) is 56.3. The van der Waals surface area contributed by atoms with Crippen molar-refractivity contribution in [3.63, 3.8) is 0 Å². The van der Waals surface area contributed by atoms with E-state index in [1.165, 1.54) is 91.2 Å². The summed E-state index contributed by atoms with van der Waals surface area (Å²) in [5.74, 6) is 3.45. The predicted octanol–water partition coefficient (Wildman–Crippen LogP) is 17.0. The van der Waals surface area contributed by atoms with E-state index in [0.29, 0.717) is 36.4 Å². The molecule has 6 aliphatic rings. The molecule has 6 aliphatic carbocycles. The number of alkyl halides is 1. The fraction of sp³-hybridized carbons (Fsp3) is 0.579. The molecule has 0 radical (unpaired) electrons. The molecule has 5 N–H and O–H groups in total. The van der Waals surface area contributed by atoms with Gasteiger partial charge in [-0.1, -0.05) is 169 Å². The van der Waals surface area contributed by atoms with Crippen molar-refractivity contribution in [1.82, 2.24) is 10.6 Å². The van der Waals surface area contributed by atoms with Gasteiger partial charge in [-0.3, -0.25) is 0 Å². The van der Waals surface area contributed by atoms with Crippen LogP contribution in [0.5, 0.6) is 17.2 Å². The van der Waals surface area contributed by atoms with Crippen molar-refractivity contribution in [3.05, 3.63) is 160 Å². The number of hydrogen-bond acceptors (Lipinski definition) is 11. The number of nitrogens with two attached hydrogens (primary N) is 1. The second-order valence-corrected chi connectivity index (χ2v) is 27.8. The van der Waals surface area contributed by atoms with E-state index >= 15 is 0 Å². The minimum Gasteiger partial charge on any atom is -0.508 e. The molecule has 0 spiro atoms. The smallest absolute Gasteiger partial charge is 0.407 e. The first-order chi connectivity index (χ1) is 43.3. The minimum absolute atomic E-state index is 0.0189. The van der Waals surface area contributed by atoms with Crippen molar-refractivity contribution in [2.45, 2.75) is 244 Å². The lowest BCUT2D eigenvalue weighted by atomic mass is 9.59. The summed E-state index contributed by atoms with van der Waals surface area (Å²) in [6, 6.07) is 38.9. The third-order valence-corrected chi connectivity index (χ3v) is 20.2. The SMILES string of the molecule is CC(C)OCCl.CC(C)OCOc1ccc2c(c1)[C@@]1(C)CCCCC[C@@H](C2)[C@@H]1N.CC(C)OCOc1ccc2c(c1)[C@@]1(C)CCCCC[C@@H](C2)[C@@H]1NC(=O)OCc1ccccc1.C[C@@]12CCCCC[C@@H](Cc3ccc(O)cc31)[C@@H]2NC(=O)OCc1ccccc1. The second-order valence-electron chi connectivity index (χ2n) is 27.6. The summed E-state index contributed by atoms with van der Waals surface area (Å²) in [6.45, 7) is 19.9. The lowest BCUT2D eigenvalue weighted by Gasteiger charge is -2.49. The van der Waals surface area contributed by atoms with Crippen molar-refractivity contribution in [2.24, 2.45) is 23.5 Å². The van der Waals surface area contributed by atoms with Gasteiger partial charge in [0.1, 0.15) is 36.5 Å². The van der Waals surface area contributed by atoms with E-state index in [2.05, 4.69) is 67.8 Å². The number of alkyl carbamates (subject to hydrolysis) is 2. The highest BCUT2D eigenvalue weighted by Crippen LogP contribution is 2.50. The fourth-order valence-corrected chi connectivity index (χ4v) is 15.4. The van der Waals surface area contributed by atoms with Crippen molar-refractivity contribution in [3.8, 4) is 17.2 Å². The predicted molar refractivity (Wildman–Crippen MR) is 359 cm³/mol. The van der Waals surface area contributed by atoms with Crippen LogP contribution in [0.15, 0.2) is 115 Å². The number of hydrogen-bond donors (Lipinski definition) is 4. The van der Waals surface area contributed by atoms with Crippen molar-refractivity contribution in [1.29, 1.82) is 0 Å². The van der Waals surface area contributed by atoms with Crippen LogP contribution in [0, 0.1) is 17.8 Å². The van der Waals surface area contributed by atoms with Crippen LogP contribution in [0.2, 0.25) is 0 Å². The maximum atomic E-state index is 12.9. The van der Waals surface area contributed by atoms with Crippen molar-refractivity contribution in [2.75, 3.05) is 19.7 Å². The van der Waals surface area contributed by atoms with Crippen LogP contribution in [-0.2, 0) is 72.4 Å². The third-order valence-electron chi connectivity index (χ3n) is 20.0. The maximum absolute atomic E-state index is 12.9. The number of fused-ring (bicyclic) bond motifs is 12. The maximum Gasteiger partial charge on any atom is 0.407 e. The molecule has 6 bridgehead atoms. The third kappa shape index (κ3) is 18.9. The molecular weight excluding hydrogens is 1150 g/mol. The first-order valence-corrected chi connectivity index (χ1v) is 34.3. The zero-order valence-electron chi connectivity index (χ0n) is 55.5. The monoisotopic (exact) mass is 1260 g/mol. The number of aromatic hydroxyl groups is 1. The number of halogens is 1. The van der Waals surface area contributed by atoms with Gasteiger partial charge in [0.25, 0.3) is 0 Å². The number of ether oxygens (including phenoxy) is 7. The average molecular weight is 1260 g/mol. The summed E-state index contributed by atoms with van der Waals surface area (Å²) in [6.07, 6.45) is 20.8. The molecule has 5 aromatic rings. The van der Waals surface area contributed by atoms with E-state index in [9.17, 15) is 14.7 Å². The summed E-state index contributed by atoms with van der Waals surface area (Å²) >= 11 is 5.17. The fourth-order valence-electron chi connectivity index (χ4n) is 15.1. The van der Waals surface area contributed by atoms with E-state index in [1.54, 1.807) is 6.07 Å². The van der Waals surface area contributed by atoms with Gasteiger partial charge in [-0.25, -0.2) is 9.59 Å². The number of rotatable bonds is 16. The molecule has 0 saturated heterocycles. The molecule has 14 heteroatoms. The molecule has 492 valence electrons. The van der Waals surface area contributed by atoms with Gasteiger partial charge in [-0.2, -0.15) is 0 Å². The number of benzene rings is 5. The Bertz CT molecular complexity index is 3020. The first kappa shape index (κ1) is 70.0. The number of phenolic OH excluding ortho intramolecular Hbond substituents is 1. The van der Waals surface area contributed by atoms with Crippen LogP contribution >= 0.6 is 11.6 Å². The molecular formula is C76H106ClN3O10. The van der Waals surface area contributed by atoms with Crippen LogP contribution in [0.1, 0.15) is 203 Å². The van der Waals surface area contributed by atoms with Gasteiger partial charge in [0.15, 0.2) is 13.6 Å². The number of carbonyl (C=O) groups is 2. The average Bonchev–Trinajstić information content (AvgIpc) is 0.767. The highest BCUT2D eigenvalue weighted by atomic mass is 35.5. The molecule has 9 atom stereocenters. The number of nitrogens with one attached hydrogen (secondary N) is 2. The van der Waals surface area contributed by atoms with Gasteiger partial charge >= 0.3 is 12.2 Å². The molecule has 0 heterocycles. The van der Waals surface area contributed by atoms with E-state index in [-0.39, 0.29) is 84.9 Å². The zero-order chi connectivity index (χ0) is 64.3. The lowest BCUT2D eigenvalue weighted by molar-refractivity contribution is -0.0204. The van der Waals surface area contributed by atoms with Gasteiger partial charge < -0.3 is 54.6 Å². The molecule has 3 saturated carbocycles. The molecule has 13 nitrogen and oxygen atoms in total. The second kappa shape index (κ2) is 33.7. The number of carbonyl (C=O) groups excluding carboxylic acids is 2. The van der Waals surface area contributed by atoms with Gasteiger partial charge in [0.2, 0.25) is 0 Å². The van der Waals surface area contributed by atoms with Gasteiger partial charge in [0.05, 0.1) is 18.3 Å². The summed E-state index contributed by atoms with van der Waals surface area (Å²) in [5, 5.41) is 16.6. The van der Waals surface area contributed by atoms with Crippen molar-refractivity contribution < 1.29 is 47.9 Å². The Labute approximate surface area is 543 Å². The first-order valence-electron chi connectivity index (χ1n) is 33.7. The minimum atomic E-state index is -0.353. The summed E-state index contributed by atoms with van der Waals surface area (Å²) in [5.41, 5.74) is 16.5.